The maximum absolute atomic E-state index is 13.8. The maximum Gasteiger partial charge on any atom is 0.277 e. The number of rotatable bonds is 4. The Bertz CT molecular complexity index is 973. The van der Waals surface area contributed by atoms with E-state index in [1.165, 1.54) is 18.3 Å². The summed E-state index contributed by atoms with van der Waals surface area (Å²) < 4.78 is 13.8. The van der Waals surface area contributed by atoms with Crippen molar-refractivity contribution in [3.63, 3.8) is 0 Å². The summed E-state index contributed by atoms with van der Waals surface area (Å²) >= 11 is 5.80. The van der Waals surface area contributed by atoms with Gasteiger partial charge in [0, 0.05) is 23.3 Å². The van der Waals surface area contributed by atoms with Crippen molar-refractivity contribution in [2.75, 3.05) is 0 Å². The van der Waals surface area contributed by atoms with Crippen LogP contribution in [0, 0.1) is 5.82 Å². The molecule has 0 fully saturated rings. The van der Waals surface area contributed by atoms with Crippen LogP contribution in [0.25, 0.3) is 11.3 Å². The minimum atomic E-state index is -0.660. The van der Waals surface area contributed by atoms with E-state index in [0.29, 0.717) is 5.02 Å². The van der Waals surface area contributed by atoms with E-state index in [1.807, 2.05) is 0 Å². The molecule has 3 rings (SSSR count). The summed E-state index contributed by atoms with van der Waals surface area (Å²) in [5.41, 5.74) is 0.278. The first kappa shape index (κ1) is 16.8. The van der Waals surface area contributed by atoms with Crippen molar-refractivity contribution >= 4 is 17.5 Å². The number of pyridine rings is 1. The van der Waals surface area contributed by atoms with Crippen molar-refractivity contribution in [2.24, 2.45) is 0 Å². The minimum Gasteiger partial charge on any atom is -0.348 e. The Morgan fingerprint density at radius 1 is 1.24 bits per heavy atom. The second-order valence-corrected chi connectivity index (χ2v) is 5.60. The fraction of sp³-hybridized carbons (Fsp3) is 0.0588. The first-order valence-corrected chi connectivity index (χ1v) is 7.64. The Labute approximate surface area is 146 Å². The Morgan fingerprint density at radius 3 is 2.72 bits per heavy atom. The Balaban J connectivity index is 1.82. The molecule has 3 aromatic rings. The van der Waals surface area contributed by atoms with E-state index in [4.69, 9.17) is 11.6 Å². The molecular formula is C17H12ClFN4O2. The van der Waals surface area contributed by atoms with Crippen LogP contribution in [-0.4, -0.2) is 21.1 Å². The molecule has 0 aliphatic rings. The summed E-state index contributed by atoms with van der Waals surface area (Å²) in [5, 5.41) is 9.21. The number of hydrogen-bond donors (Lipinski definition) is 2. The zero-order valence-corrected chi connectivity index (χ0v) is 13.5. The van der Waals surface area contributed by atoms with Gasteiger partial charge in [-0.05, 0) is 29.8 Å². The smallest absolute Gasteiger partial charge is 0.277 e. The van der Waals surface area contributed by atoms with Crippen molar-refractivity contribution in [1.82, 2.24) is 20.5 Å². The third-order valence-electron chi connectivity index (χ3n) is 3.46. The monoisotopic (exact) mass is 358 g/mol. The minimum absolute atomic E-state index is 0.135. The molecule has 6 nitrogen and oxygen atoms in total. The van der Waals surface area contributed by atoms with Gasteiger partial charge in [0.2, 0.25) is 0 Å². The molecule has 0 aliphatic heterocycles. The van der Waals surface area contributed by atoms with Crippen LogP contribution < -0.4 is 10.9 Å². The van der Waals surface area contributed by atoms with Gasteiger partial charge in [0.1, 0.15) is 5.56 Å². The number of amides is 1. The first-order chi connectivity index (χ1) is 12.0. The van der Waals surface area contributed by atoms with E-state index in [-0.39, 0.29) is 23.4 Å². The third-order valence-corrected chi connectivity index (χ3v) is 3.71. The molecular weight excluding hydrogens is 347 g/mol. The van der Waals surface area contributed by atoms with Gasteiger partial charge in [0.05, 0.1) is 11.9 Å². The largest absolute Gasteiger partial charge is 0.348 e. The van der Waals surface area contributed by atoms with Gasteiger partial charge in [0.15, 0.2) is 5.82 Å². The van der Waals surface area contributed by atoms with E-state index in [9.17, 15) is 14.0 Å². The van der Waals surface area contributed by atoms with Crippen LogP contribution in [-0.2, 0) is 6.54 Å². The number of aromatic amines is 1. The fourth-order valence-electron chi connectivity index (χ4n) is 2.18. The molecule has 25 heavy (non-hydrogen) atoms. The Kier molecular flexibility index (Phi) is 4.85. The van der Waals surface area contributed by atoms with Crippen molar-refractivity contribution in [3.05, 3.63) is 81.1 Å². The lowest BCUT2D eigenvalue weighted by molar-refractivity contribution is 0.0949. The van der Waals surface area contributed by atoms with Crippen LogP contribution in [0.2, 0.25) is 5.02 Å². The van der Waals surface area contributed by atoms with Crippen molar-refractivity contribution in [3.8, 4) is 11.3 Å². The molecule has 2 N–H and O–H groups in total. The zero-order valence-electron chi connectivity index (χ0n) is 12.8. The molecule has 0 spiro atoms. The van der Waals surface area contributed by atoms with E-state index >= 15 is 0 Å². The lowest BCUT2D eigenvalue weighted by atomic mass is 10.1. The maximum atomic E-state index is 13.8. The number of benzene rings is 1. The molecule has 0 radical (unpaired) electrons. The summed E-state index contributed by atoms with van der Waals surface area (Å²) in [7, 11) is 0. The average Bonchev–Trinajstić information content (AvgIpc) is 2.62. The molecule has 1 amide bonds. The highest BCUT2D eigenvalue weighted by molar-refractivity contribution is 6.30. The lowest BCUT2D eigenvalue weighted by Gasteiger charge is -2.07. The number of carbonyl (C=O) groups is 1. The highest BCUT2D eigenvalue weighted by Gasteiger charge is 2.15. The summed E-state index contributed by atoms with van der Waals surface area (Å²) in [5.74, 6) is -1.19. The molecule has 1 aromatic carbocycles. The van der Waals surface area contributed by atoms with E-state index < -0.39 is 17.3 Å². The molecule has 2 aromatic heterocycles. The summed E-state index contributed by atoms with van der Waals surface area (Å²) in [6.45, 7) is 0.219. The Hall–Kier alpha value is -3.06. The van der Waals surface area contributed by atoms with Crippen LogP contribution in [0.4, 0.5) is 4.39 Å². The second-order valence-electron chi connectivity index (χ2n) is 5.16. The van der Waals surface area contributed by atoms with E-state index in [0.717, 1.165) is 11.8 Å². The zero-order chi connectivity index (χ0) is 17.8. The third kappa shape index (κ3) is 3.89. The van der Waals surface area contributed by atoms with Gasteiger partial charge in [0.25, 0.3) is 11.5 Å². The molecule has 0 unspecified atom stereocenters. The molecule has 0 aliphatic carbocycles. The van der Waals surface area contributed by atoms with Crippen molar-refractivity contribution in [2.45, 2.75) is 6.54 Å². The number of H-pyrrole nitrogens is 1. The quantitative estimate of drug-likeness (QED) is 0.750. The van der Waals surface area contributed by atoms with Crippen LogP contribution in [0.3, 0.4) is 0 Å². The van der Waals surface area contributed by atoms with Gasteiger partial charge in [-0.15, -0.1) is 0 Å². The predicted molar refractivity (Wildman–Crippen MR) is 90.7 cm³/mol. The number of carbonyl (C=O) groups excluding carboxylic acids is 1. The van der Waals surface area contributed by atoms with E-state index in [2.05, 4.69) is 20.5 Å². The van der Waals surface area contributed by atoms with Crippen LogP contribution in [0.15, 0.2) is 53.6 Å². The number of nitrogens with one attached hydrogen (secondary N) is 2. The average molecular weight is 359 g/mol. The molecule has 0 atom stereocenters. The highest BCUT2D eigenvalue weighted by Crippen LogP contribution is 2.18. The standard InChI is InChI=1S/C17H12ClFN4O2/c18-11-3-1-10(2-4-11)8-21-16(24)13-7-15(22-23-17(13)25)12-5-6-20-9-14(12)19/h1-7,9H,8H2,(H,21,24)(H,23,25). The van der Waals surface area contributed by atoms with Gasteiger partial charge in [-0.2, -0.15) is 5.10 Å². The topological polar surface area (TPSA) is 87.7 Å². The van der Waals surface area contributed by atoms with Crippen LogP contribution >= 0.6 is 11.6 Å². The summed E-state index contributed by atoms with van der Waals surface area (Å²) in [6.07, 6.45) is 2.42. The van der Waals surface area contributed by atoms with Crippen LogP contribution in [0.1, 0.15) is 15.9 Å². The van der Waals surface area contributed by atoms with Crippen molar-refractivity contribution < 1.29 is 9.18 Å². The molecule has 8 heteroatoms. The normalized spacial score (nSPS) is 10.5. The molecule has 2 heterocycles. The van der Waals surface area contributed by atoms with Gasteiger partial charge >= 0.3 is 0 Å². The number of halogens is 2. The van der Waals surface area contributed by atoms with E-state index in [1.54, 1.807) is 24.3 Å². The van der Waals surface area contributed by atoms with Gasteiger partial charge in [-0.3, -0.25) is 14.6 Å². The number of nitrogens with zero attached hydrogens (tertiary/aromatic N) is 2. The number of aromatic nitrogens is 3. The fourth-order valence-corrected chi connectivity index (χ4v) is 2.30. The van der Waals surface area contributed by atoms with Crippen molar-refractivity contribution in [1.29, 1.82) is 0 Å². The second kappa shape index (κ2) is 7.23. The molecule has 0 saturated heterocycles. The van der Waals surface area contributed by atoms with Gasteiger partial charge in [-0.1, -0.05) is 23.7 Å². The van der Waals surface area contributed by atoms with Gasteiger partial charge in [-0.25, -0.2) is 9.49 Å². The summed E-state index contributed by atoms with van der Waals surface area (Å²) in [4.78, 5) is 27.8. The molecule has 0 saturated carbocycles. The first-order valence-electron chi connectivity index (χ1n) is 7.27. The highest BCUT2D eigenvalue weighted by atomic mass is 35.5. The Morgan fingerprint density at radius 2 is 2.00 bits per heavy atom. The van der Waals surface area contributed by atoms with Gasteiger partial charge < -0.3 is 5.32 Å². The number of hydrogen-bond acceptors (Lipinski definition) is 4. The summed E-state index contributed by atoms with van der Waals surface area (Å²) in [6, 6.07) is 9.58. The molecule has 126 valence electrons. The predicted octanol–water partition coefficient (Wildman–Crippen LogP) is 2.55. The molecule has 0 bridgehead atoms. The lowest BCUT2D eigenvalue weighted by Crippen LogP contribution is -2.29. The van der Waals surface area contributed by atoms with Crippen LogP contribution in [0.5, 0.6) is 0 Å². The SMILES string of the molecule is O=C(NCc1ccc(Cl)cc1)c1cc(-c2ccncc2F)n[nH]c1=O.